The topological polar surface area (TPSA) is 83.5 Å². The number of aliphatic hydroxyl groups is 1. The minimum Gasteiger partial charge on any atom is -0.374 e. The molecule has 5 nitrogen and oxygen atoms in total. The number of benzene rings is 2. The number of amides is 1. The molecule has 116 valence electrons. The van der Waals surface area contributed by atoms with Crippen LogP contribution in [-0.2, 0) is 15.2 Å². The number of rotatable bonds is 4. The van der Waals surface area contributed by atoms with Crippen LogP contribution in [0.5, 0.6) is 0 Å². The summed E-state index contributed by atoms with van der Waals surface area (Å²) in [5.74, 6) is -3.39. The van der Waals surface area contributed by atoms with Gasteiger partial charge in [0.15, 0.2) is 11.4 Å². The molecule has 1 heterocycles. The van der Waals surface area contributed by atoms with Crippen molar-refractivity contribution in [2.24, 2.45) is 5.92 Å². The Labute approximate surface area is 133 Å². The molecule has 2 atom stereocenters. The van der Waals surface area contributed by atoms with Gasteiger partial charge in [0.2, 0.25) is 0 Å². The molecule has 0 bridgehead atoms. The zero-order valence-corrected chi connectivity index (χ0v) is 12.4. The van der Waals surface area contributed by atoms with E-state index in [2.05, 4.69) is 5.32 Å². The number of carbonyl (C=O) groups is 3. The Kier molecular flexibility index (Phi) is 3.58. The van der Waals surface area contributed by atoms with Gasteiger partial charge in [-0.2, -0.15) is 0 Å². The van der Waals surface area contributed by atoms with E-state index in [0.717, 1.165) is 0 Å². The summed E-state index contributed by atoms with van der Waals surface area (Å²) in [5, 5.41) is 13.6. The molecule has 1 aliphatic heterocycles. The monoisotopic (exact) mass is 309 g/mol. The maximum absolute atomic E-state index is 12.8. The summed E-state index contributed by atoms with van der Waals surface area (Å²) in [4.78, 5) is 37.3. The van der Waals surface area contributed by atoms with Gasteiger partial charge in [-0.25, -0.2) is 0 Å². The first-order chi connectivity index (χ1) is 11.0. The summed E-state index contributed by atoms with van der Waals surface area (Å²) in [7, 11) is 0. The standard InChI is InChI=1S/C18H15NO4/c1-11(20)15(16(21)12-7-3-2-4-8-12)18(23)13-9-5-6-10-14(13)19-17(18)22/h2-10,15,23H,1H3,(H,19,22)/t15-,18-/m1/s1. The van der Waals surface area contributed by atoms with E-state index >= 15 is 0 Å². The van der Waals surface area contributed by atoms with Crippen molar-refractivity contribution < 1.29 is 19.5 Å². The number of Topliss-reactive ketones (excluding diaryl/α,β-unsaturated/α-hetero) is 2. The third kappa shape index (κ3) is 2.26. The lowest BCUT2D eigenvalue weighted by Gasteiger charge is -2.28. The van der Waals surface area contributed by atoms with Gasteiger partial charge in [-0.3, -0.25) is 14.4 Å². The Balaban J connectivity index is 2.14. The van der Waals surface area contributed by atoms with Crippen LogP contribution in [0.25, 0.3) is 0 Å². The fourth-order valence-electron chi connectivity index (χ4n) is 2.99. The van der Waals surface area contributed by atoms with Gasteiger partial charge in [-0.1, -0.05) is 48.5 Å². The summed E-state index contributed by atoms with van der Waals surface area (Å²) in [6.45, 7) is 1.21. The number of nitrogens with one attached hydrogen (secondary N) is 1. The second-order valence-corrected chi connectivity index (χ2v) is 5.54. The lowest BCUT2D eigenvalue weighted by molar-refractivity contribution is -0.144. The molecule has 23 heavy (non-hydrogen) atoms. The van der Waals surface area contributed by atoms with Crippen molar-refractivity contribution in [1.29, 1.82) is 0 Å². The van der Waals surface area contributed by atoms with Crippen molar-refractivity contribution in [3.8, 4) is 0 Å². The van der Waals surface area contributed by atoms with E-state index in [4.69, 9.17) is 0 Å². The molecule has 2 aromatic carbocycles. The fraction of sp³-hybridized carbons (Fsp3) is 0.167. The lowest BCUT2D eigenvalue weighted by Crippen LogP contribution is -2.48. The normalized spacial score (nSPS) is 20.5. The maximum atomic E-state index is 12.8. The number of hydrogen-bond acceptors (Lipinski definition) is 4. The van der Waals surface area contributed by atoms with E-state index in [1.54, 1.807) is 54.6 Å². The third-order valence-corrected chi connectivity index (χ3v) is 4.08. The smallest absolute Gasteiger partial charge is 0.262 e. The lowest BCUT2D eigenvalue weighted by atomic mass is 9.76. The van der Waals surface area contributed by atoms with Gasteiger partial charge in [0.05, 0.1) is 0 Å². The fourth-order valence-corrected chi connectivity index (χ4v) is 2.99. The molecule has 0 aromatic heterocycles. The van der Waals surface area contributed by atoms with Crippen LogP contribution in [0.1, 0.15) is 22.8 Å². The van der Waals surface area contributed by atoms with Gasteiger partial charge in [-0.05, 0) is 13.0 Å². The Morgan fingerprint density at radius 3 is 2.30 bits per heavy atom. The highest BCUT2D eigenvalue weighted by Gasteiger charge is 2.55. The maximum Gasteiger partial charge on any atom is 0.262 e. The largest absolute Gasteiger partial charge is 0.374 e. The van der Waals surface area contributed by atoms with Crippen molar-refractivity contribution >= 4 is 23.2 Å². The van der Waals surface area contributed by atoms with E-state index < -0.39 is 29.0 Å². The predicted molar refractivity (Wildman–Crippen MR) is 83.9 cm³/mol. The molecule has 0 spiro atoms. The first kappa shape index (κ1) is 15.1. The second kappa shape index (κ2) is 5.44. The highest BCUT2D eigenvalue weighted by atomic mass is 16.3. The van der Waals surface area contributed by atoms with Gasteiger partial charge < -0.3 is 10.4 Å². The molecule has 0 saturated heterocycles. The number of fused-ring (bicyclic) bond motifs is 1. The SMILES string of the molecule is CC(=O)[C@H](C(=O)c1ccccc1)[C@@]1(O)C(=O)Nc2ccccc21. The minimum atomic E-state index is -2.20. The average Bonchev–Trinajstić information content (AvgIpc) is 2.80. The van der Waals surface area contributed by atoms with Gasteiger partial charge in [0.25, 0.3) is 5.91 Å². The molecule has 1 amide bonds. The molecule has 2 N–H and O–H groups in total. The highest BCUT2D eigenvalue weighted by Crippen LogP contribution is 2.42. The number of para-hydroxylation sites is 1. The Morgan fingerprint density at radius 2 is 1.65 bits per heavy atom. The van der Waals surface area contributed by atoms with E-state index in [0.29, 0.717) is 5.69 Å². The molecule has 0 saturated carbocycles. The van der Waals surface area contributed by atoms with Gasteiger partial charge in [0.1, 0.15) is 11.7 Å². The molecular formula is C18H15NO4. The average molecular weight is 309 g/mol. The summed E-state index contributed by atoms with van der Waals surface area (Å²) < 4.78 is 0. The van der Waals surface area contributed by atoms with Crippen molar-refractivity contribution in [3.05, 3.63) is 65.7 Å². The molecule has 0 aliphatic carbocycles. The van der Waals surface area contributed by atoms with Crippen LogP contribution in [0.2, 0.25) is 0 Å². The highest BCUT2D eigenvalue weighted by molar-refractivity contribution is 6.18. The van der Waals surface area contributed by atoms with E-state index in [9.17, 15) is 19.5 Å². The minimum absolute atomic E-state index is 0.245. The van der Waals surface area contributed by atoms with Crippen molar-refractivity contribution in [2.75, 3.05) is 5.32 Å². The summed E-state index contributed by atoms with van der Waals surface area (Å²) in [5.41, 5.74) is -1.27. The number of carbonyl (C=O) groups excluding carboxylic acids is 3. The summed E-state index contributed by atoms with van der Waals surface area (Å²) >= 11 is 0. The number of anilines is 1. The molecular weight excluding hydrogens is 294 g/mol. The van der Waals surface area contributed by atoms with Gasteiger partial charge >= 0.3 is 0 Å². The number of hydrogen-bond donors (Lipinski definition) is 2. The van der Waals surface area contributed by atoms with Crippen LogP contribution in [0.3, 0.4) is 0 Å². The summed E-state index contributed by atoms with van der Waals surface area (Å²) in [6.07, 6.45) is 0. The molecule has 0 radical (unpaired) electrons. The molecule has 0 fully saturated rings. The van der Waals surface area contributed by atoms with E-state index in [1.165, 1.54) is 6.92 Å². The first-order valence-electron chi connectivity index (χ1n) is 7.19. The van der Waals surface area contributed by atoms with Crippen LogP contribution in [0, 0.1) is 5.92 Å². The zero-order valence-electron chi connectivity index (χ0n) is 12.4. The zero-order chi connectivity index (χ0) is 16.6. The summed E-state index contributed by atoms with van der Waals surface area (Å²) in [6, 6.07) is 14.7. The first-order valence-corrected chi connectivity index (χ1v) is 7.19. The molecule has 1 aliphatic rings. The van der Waals surface area contributed by atoms with Crippen molar-refractivity contribution in [1.82, 2.24) is 0 Å². The molecule has 5 heteroatoms. The van der Waals surface area contributed by atoms with Crippen LogP contribution in [0.4, 0.5) is 5.69 Å². The Morgan fingerprint density at radius 1 is 1.04 bits per heavy atom. The predicted octanol–water partition coefficient (Wildman–Crippen LogP) is 1.91. The van der Waals surface area contributed by atoms with Crippen molar-refractivity contribution in [2.45, 2.75) is 12.5 Å². The van der Waals surface area contributed by atoms with Crippen LogP contribution in [0.15, 0.2) is 54.6 Å². The van der Waals surface area contributed by atoms with Crippen LogP contribution in [-0.4, -0.2) is 22.6 Å². The van der Waals surface area contributed by atoms with Gasteiger partial charge in [-0.15, -0.1) is 0 Å². The molecule has 2 aromatic rings. The van der Waals surface area contributed by atoms with E-state index in [1.807, 2.05) is 0 Å². The molecule has 0 unspecified atom stereocenters. The number of ketones is 2. The van der Waals surface area contributed by atoms with Gasteiger partial charge in [0, 0.05) is 16.8 Å². The van der Waals surface area contributed by atoms with Crippen LogP contribution < -0.4 is 5.32 Å². The third-order valence-electron chi connectivity index (χ3n) is 4.08. The Hall–Kier alpha value is -2.79. The quantitative estimate of drug-likeness (QED) is 0.667. The molecule has 3 rings (SSSR count). The van der Waals surface area contributed by atoms with Crippen LogP contribution >= 0.6 is 0 Å². The second-order valence-electron chi connectivity index (χ2n) is 5.54. The van der Waals surface area contributed by atoms with E-state index in [-0.39, 0.29) is 11.1 Å². The van der Waals surface area contributed by atoms with Crippen molar-refractivity contribution in [3.63, 3.8) is 0 Å². The Bertz CT molecular complexity index is 800.